The fourth-order valence-corrected chi connectivity index (χ4v) is 4.18. The molecule has 1 N–H and O–H groups in total. The molecule has 1 saturated carbocycles. The van der Waals surface area contributed by atoms with E-state index in [-0.39, 0.29) is 41.4 Å². The molecule has 0 spiro atoms. The maximum Gasteiger partial charge on any atom is 0.243 e. The maximum absolute atomic E-state index is 12.7. The number of allylic oxidation sites excluding steroid dienone is 2. The third-order valence-electron chi connectivity index (χ3n) is 5.15. The number of carbonyl (C=O) groups excluding carboxylic acids is 3. The maximum atomic E-state index is 12.7. The molecule has 0 aromatic rings. The number of hydrogen-bond acceptors (Lipinski definition) is 3. The van der Waals surface area contributed by atoms with Gasteiger partial charge in [-0.2, -0.15) is 0 Å². The molecule has 0 aromatic carbocycles. The molecule has 0 unspecified atom stereocenters. The third kappa shape index (κ3) is 2.01. The zero-order valence-electron chi connectivity index (χ0n) is 12.5. The molecule has 2 fully saturated rings. The van der Waals surface area contributed by atoms with Gasteiger partial charge in [-0.1, -0.05) is 19.1 Å². The van der Waals surface area contributed by atoms with Crippen molar-refractivity contribution in [3.05, 3.63) is 12.2 Å². The van der Waals surface area contributed by atoms with E-state index < -0.39 is 6.04 Å². The molecule has 5 atom stereocenters. The van der Waals surface area contributed by atoms with Crippen LogP contribution in [0.15, 0.2) is 12.2 Å². The summed E-state index contributed by atoms with van der Waals surface area (Å²) >= 11 is 0. The Hall–Kier alpha value is -1.65. The second kappa shape index (κ2) is 5.28. The Kier molecular flexibility index (Phi) is 3.59. The van der Waals surface area contributed by atoms with E-state index in [2.05, 4.69) is 17.5 Å². The van der Waals surface area contributed by atoms with Crippen molar-refractivity contribution in [1.29, 1.82) is 0 Å². The van der Waals surface area contributed by atoms with Gasteiger partial charge in [0.2, 0.25) is 17.7 Å². The summed E-state index contributed by atoms with van der Waals surface area (Å²) in [5.74, 6) is -0.610. The third-order valence-corrected chi connectivity index (χ3v) is 5.15. The van der Waals surface area contributed by atoms with Gasteiger partial charge in [0.1, 0.15) is 6.04 Å². The van der Waals surface area contributed by atoms with Crippen molar-refractivity contribution in [2.45, 2.75) is 39.2 Å². The minimum Gasteiger partial charge on any atom is -0.355 e. The van der Waals surface area contributed by atoms with E-state index in [1.165, 1.54) is 4.90 Å². The smallest absolute Gasteiger partial charge is 0.243 e. The van der Waals surface area contributed by atoms with Crippen molar-refractivity contribution in [1.82, 2.24) is 10.2 Å². The van der Waals surface area contributed by atoms with Crippen LogP contribution in [0, 0.1) is 23.7 Å². The lowest BCUT2D eigenvalue weighted by molar-refractivity contribution is -0.148. The highest BCUT2D eigenvalue weighted by Gasteiger charge is 2.58. The largest absolute Gasteiger partial charge is 0.355 e. The Labute approximate surface area is 124 Å². The van der Waals surface area contributed by atoms with Crippen LogP contribution in [-0.4, -0.2) is 35.2 Å². The van der Waals surface area contributed by atoms with E-state index >= 15 is 0 Å². The van der Waals surface area contributed by atoms with Gasteiger partial charge in [0, 0.05) is 6.54 Å². The predicted octanol–water partition coefficient (Wildman–Crippen LogP) is 1.10. The molecule has 4 rings (SSSR count). The van der Waals surface area contributed by atoms with Crippen molar-refractivity contribution < 1.29 is 14.4 Å². The van der Waals surface area contributed by atoms with Crippen LogP contribution < -0.4 is 5.32 Å². The number of nitrogens with one attached hydrogen (secondary N) is 1. The van der Waals surface area contributed by atoms with Gasteiger partial charge in [0.15, 0.2) is 0 Å². The molecular formula is C16H22N2O3. The number of fused-ring (bicyclic) bond motifs is 1. The lowest BCUT2D eigenvalue weighted by Crippen LogP contribution is -2.49. The van der Waals surface area contributed by atoms with Crippen LogP contribution >= 0.6 is 0 Å². The van der Waals surface area contributed by atoms with Gasteiger partial charge >= 0.3 is 0 Å². The van der Waals surface area contributed by atoms with Gasteiger partial charge in [-0.25, -0.2) is 0 Å². The fourth-order valence-electron chi connectivity index (χ4n) is 4.18. The number of amides is 3. The van der Waals surface area contributed by atoms with E-state index in [1.54, 1.807) is 0 Å². The lowest BCUT2D eigenvalue weighted by Gasteiger charge is -2.38. The van der Waals surface area contributed by atoms with Crippen LogP contribution in [0.1, 0.15) is 33.1 Å². The number of nitrogens with zero attached hydrogens (tertiary/aromatic N) is 1. The standard InChI is InChI=1S/C16H22N2O3/c1-3-11(14(19)17-4-2)18-15(20)12-9-5-6-10(8-7-9)13(12)16(18)21/h5-6,9-13H,3-4,7-8H2,1-2H3,(H,17,19)/t9-,10-,11-,12+,13+/m0/s1. The Morgan fingerprint density at radius 3 is 2.10 bits per heavy atom. The Balaban J connectivity index is 1.89. The molecule has 4 aliphatic rings. The molecule has 5 nitrogen and oxygen atoms in total. The van der Waals surface area contributed by atoms with Crippen molar-refractivity contribution in [2.24, 2.45) is 23.7 Å². The van der Waals surface area contributed by atoms with E-state index in [1.807, 2.05) is 13.8 Å². The molecule has 1 saturated heterocycles. The molecule has 0 radical (unpaired) electrons. The average molecular weight is 290 g/mol. The van der Waals surface area contributed by atoms with Crippen LogP contribution in [0.2, 0.25) is 0 Å². The van der Waals surface area contributed by atoms with Crippen molar-refractivity contribution in [3.63, 3.8) is 0 Å². The van der Waals surface area contributed by atoms with Crippen LogP contribution in [0.5, 0.6) is 0 Å². The van der Waals surface area contributed by atoms with Crippen LogP contribution in [0.3, 0.4) is 0 Å². The predicted molar refractivity (Wildman–Crippen MR) is 76.9 cm³/mol. The molecule has 114 valence electrons. The molecule has 0 aromatic heterocycles. The van der Waals surface area contributed by atoms with Gasteiger partial charge in [0.05, 0.1) is 11.8 Å². The van der Waals surface area contributed by atoms with Crippen LogP contribution in [0.4, 0.5) is 0 Å². The fraction of sp³-hybridized carbons (Fsp3) is 0.688. The highest BCUT2D eigenvalue weighted by atomic mass is 16.2. The SMILES string of the molecule is CCNC(=O)[C@H](CC)N1C(=O)[C@H]2[C@H](C1=O)[C@H]1C=C[C@H]2CC1. The second-order valence-corrected chi connectivity index (χ2v) is 6.21. The molecule has 3 aliphatic carbocycles. The highest BCUT2D eigenvalue weighted by Crippen LogP contribution is 2.50. The molecule has 3 amide bonds. The van der Waals surface area contributed by atoms with E-state index in [9.17, 15) is 14.4 Å². The molecule has 1 heterocycles. The molecule has 21 heavy (non-hydrogen) atoms. The summed E-state index contributed by atoms with van der Waals surface area (Å²) in [5.41, 5.74) is 0. The number of likely N-dealkylation sites (tertiary alicyclic amines) is 1. The number of hydrogen-bond donors (Lipinski definition) is 1. The number of imide groups is 1. The Morgan fingerprint density at radius 1 is 1.19 bits per heavy atom. The first kappa shape index (κ1) is 14.3. The molecule has 1 aliphatic heterocycles. The van der Waals surface area contributed by atoms with E-state index in [0.29, 0.717) is 13.0 Å². The number of rotatable bonds is 4. The zero-order chi connectivity index (χ0) is 15.1. The first-order valence-corrected chi connectivity index (χ1v) is 7.93. The lowest BCUT2D eigenvalue weighted by atomic mass is 9.63. The Morgan fingerprint density at radius 2 is 1.71 bits per heavy atom. The first-order chi connectivity index (χ1) is 10.1. The second-order valence-electron chi connectivity index (χ2n) is 6.21. The van der Waals surface area contributed by atoms with Crippen molar-refractivity contribution >= 4 is 17.7 Å². The summed E-state index contributed by atoms with van der Waals surface area (Å²) in [6.45, 7) is 4.18. The normalized spacial score (nSPS) is 35.0. The summed E-state index contributed by atoms with van der Waals surface area (Å²) in [5, 5.41) is 2.73. The van der Waals surface area contributed by atoms with Crippen molar-refractivity contribution in [2.75, 3.05) is 6.54 Å². The highest BCUT2D eigenvalue weighted by molar-refractivity contribution is 6.09. The van der Waals surface area contributed by atoms with Gasteiger partial charge in [-0.15, -0.1) is 0 Å². The van der Waals surface area contributed by atoms with Gasteiger partial charge in [0.25, 0.3) is 0 Å². The first-order valence-electron chi connectivity index (χ1n) is 7.93. The van der Waals surface area contributed by atoms with Crippen molar-refractivity contribution in [3.8, 4) is 0 Å². The van der Waals surface area contributed by atoms with Gasteiger partial charge < -0.3 is 5.32 Å². The summed E-state index contributed by atoms with van der Waals surface area (Å²) in [6, 6.07) is -0.657. The topological polar surface area (TPSA) is 66.5 Å². The van der Waals surface area contributed by atoms with E-state index in [0.717, 1.165) is 12.8 Å². The zero-order valence-corrected chi connectivity index (χ0v) is 12.5. The van der Waals surface area contributed by atoms with E-state index in [4.69, 9.17) is 0 Å². The van der Waals surface area contributed by atoms with Crippen LogP contribution in [0.25, 0.3) is 0 Å². The summed E-state index contributed by atoms with van der Waals surface area (Å²) in [4.78, 5) is 38.9. The molecular weight excluding hydrogens is 268 g/mol. The van der Waals surface area contributed by atoms with Crippen LogP contribution in [-0.2, 0) is 14.4 Å². The number of carbonyl (C=O) groups is 3. The summed E-state index contributed by atoms with van der Waals surface area (Å²) in [6.07, 6.45) is 6.61. The van der Waals surface area contributed by atoms with Gasteiger partial charge in [-0.05, 0) is 38.0 Å². The monoisotopic (exact) mass is 290 g/mol. The summed E-state index contributed by atoms with van der Waals surface area (Å²) in [7, 11) is 0. The summed E-state index contributed by atoms with van der Waals surface area (Å²) < 4.78 is 0. The average Bonchev–Trinajstić information content (AvgIpc) is 2.77. The quantitative estimate of drug-likeness (QED) is 0.623. The van der Waals surface area contributed by atoms with Gasteiger partial charge in [-0.3, -0.25) is 19.3 Å². The molecule has 2 bridgehead atoms. The molecule has 5 heteroatoms. The Bertz CT molecular complexity index is 482. The minimum absolute atomic E-state index is 0.137. The minimum atomic E-state index is -0.657. The number of likely N-dealkylation sites (N-methyl/N-ethyl adjacent to an activating group) is 1.